The van der Waals surface area contributed by atoms with Crippen LogP contribution in [-0.2, 0) is 17.8 Å². The third-order valence-corrected chi connectivity index (χ3v) is 3.90. The summed E-state index contributed by atoms with van der Waals surface area (Å²) < 4.78 is 0. The zero-order chi connectivity index (χ0) is 12.6. The van der Waals surface area contributed by atoms with E-state index in [2.05, 4.69) is 37.9 Å². The molecule has 0 N–H and O–H groups in total. The van der Waals surface area contributed by atoms with Gasteiger partial charge in [0.1, 0.15) is 5.78 Å². The van der Waals surface area contributed by atoms with Crippen molar-refractivity contribution in [2.75, 3.05) is 7.05 Å². The van der Waals surface area contributed by atoms with Crippen LogP contribution in [0.25, 0.3) is 0 Å². The Morgan fingerprint density at radius 2 is 1.88 bits per heavy atom. The Labute approximate surface area is 104 Å². The molecule has 1 atom stereocenters. The minimum absolute atomic E-state index is 0.0783. The van der Waals surface area contributed by atoms with E-state index in [9.17, 15) is 4.79 Å². The quantitative estimate of drug-likeness (QED) is 0.780. The Hall–Kier alpha value is -1.15. The van der Waals surface area contributed by atoms with Crippen molar-refractivity contribution in [3.05, 3.63) is 34.4 Å². The zero-order valence-electron chi connectivity index (χ0n) is 11.2. The zero-order valence-corrected chi connectivity index (χ0v) is 11.2. The highest BCUT2D eigenvalue weighted by Gasteiger charge is 2.27. The van der Waals surface area contributed by atoms with Crippen LogP contribution < -0.4 is 0 Å². The molecule has 0 radical (unpaired) electrons. The molecule has 1 aliphatic heterocycles. The lowest BCUT2D eigenvalue weighted by Crippen LogP contribution is -2.42. The first-order valence-corrected chi connectivity index (χ1v) is 6.35. The Balaban J connectivity index is 2.34. The number of carbonyl (C=O) groups excluding carboxylic acids is 1. The van der Waals surface area contributed by atoms with Gasteiger partial charge in [-0.05, 0) is 49.6 Å². The van der Waals surface area contributed by atoms with Gasteiger partial charge >= 0.3 is 0 Å². The minimum atomic E-state index is 0.0783. The molecule has 0 bridgehead atoms. The number of ketones is 1. The molecule has 1 aromatic rings. The number of likely N-dealkylation sites (N-methyl/N-ethyl adjacent to an activating group) is 1. The van der Waals surface area contributed by atoms with Gasteiger partial charge in [0.15, 0.2) is 0 Å². The van der Waals surface area contributed by atoms with Gasteiger partial charge in [-0.1, -0.05) is 19.1 Å². The third kappa shape index (κ3) is 2.27. The summed E-state index contributed by atoms with van der Waals surface area (Å²) in [4.78, 5) is 14.1. The molecule has 0 saturated heterocycles. The van der Waals surface area contributed by atoms with Crippen LogP contribution in [0.2, 0.25) is 0 Å². The lowest BCUT2D eigenvalue weighted by atomic mass is 9.89. The van der Waals surface area contributed by atoms with E-state index in [1.807, 2.05) is 6.92 Å². The highest BCUT2D eigenvalue weighted by atomic mass is 16.1. The van der Waals surface area contributed by atoms with E-state index in [-0.39, 0.29) is 6.04 Å². The van der Waals surface area contributed by atoms with Crippen LogP contribution in [0.5, 0.6) is 0 Å². The molecule has 2 rings (SSSR count). The van der Waals surface area contributed by atoms with Gasteiger partial charge in [-0.2, -0.15) is 0 Å². The van der Waals surface area contributed by atoms with Crippen LogP contribution in [0.3, 0.4) is 0 Å². The summed E-state index contributed by atoms with van der Waals surface area (Å²) in [6.07, 6.45) is 1.51. The molecule has 0 amide bonds. The number of rotatable bonds is 2. The third-order valence-electron chi connectivity index (χ3n) is 3.90. The molecule has 0 spiro atoms. The van der Waals surface area contributed by atoms with Gasteiger partial charge in [0.2, 0.25) is 0 Å². The van der Waals surface area contributed by atoms with E-state index in [0.29, 0.717) is 12.2 Å². The molecule has 1 aromatic carbocycles. The molecule has 1 unspecified atom stereocenters. The van der Waals surface area contributed by atoms with E-state index in [1.165, 1.54) is 22.3 Å². The Morgan fingerprint density at radius 3 is 2.47 bits per heavy atom. The summed E-state index contributed by atoms with van der Waals surface area (Å²) in [6.45, 7) is 7.14. The summed E-state index contributed by atoms with van der Waals surface area (Å²) in [6, 6.07) is 4.61. The van der Waals surface area contributed by atoms with Gasteiger partial charge in [0.05, 0.1) is 6.04 Å². The molecule has 92 valence electrons. The van der Waals surface area contributed by atoms with Crippen LogP contribution >= 0.6 is 0 Å². The van der Waals surface area contributed by atoms with Crippen molar-refractivity contribution in [3.8, 4) is 0 Å². The molecule has 2 nitrogen and oxygen atoms in total. The average Bonchev–Trinajstić information content (AvgIpc) is 2.30. The van der Waals surface area contributed by atoms with Gasteiger partial charge in [0.25, 0.3) is 0 Å². The molecule has 0 aromatic heterocycles. The lowest BCUT2D eigenvalue weighted by molar-refractivity contribution is -0.124. The predicted octanol–water partition coefficient (Wildman–Crippen LogP) is 2.64. The number of nitrogens with zero attached hydrogens (tertiary/aromatic N) is 1. The van der Waals surface area contributed by atoms with Crippen molar-refractivity contribution in [1.29, 1.82) is 0 Å². The maximum Gasteiger partial charge on any atom is 0.150 e. The standard InChI is InChI=1S/C15H21NO/c1-5-15(17)14-8-12-6-10(2)11(3)7-13(12)9-16(14)4/h6-7,14H,5,8-9H2,1-4H3. The van der Waals surface area contributed by atoms with Crippen molar-refractivity contribution >= 4 is 5.78 Å². The maximum atomic E-state index is 11.9. The lowest BCUT2D eigenvalue weighted by Gasteiger charge is -2.33. The number of Topliss-reactive ketones (excluding diaryl/α,β-unsaturated/α-hetero) is 1. The largest absolute Gasteiger partial charge is 0.298 e. The Kier molecular flexibility index (Phi) is 3.34. The van der Waals surface area contributed by atoms with Crippen LogP contribution in [0, 0.1) is 13.8 Å². The molecule has 1 heterocycles. The van der Waals surface area contributed by atoms with Crippen molar-refractivity contribution in [2.24, 2.45) is 0 Å². The van der Waals surface area contributed by atoms with E-state index >= 15 is 0 Å². The average molecular weight is 231 g/mol. The first-order chi connectivity index (χ1) is 8.02. The number of hydrogen-bond acceptors (Lipinski definition) is 2. The Bertz CT molecular complexity index is 450. The van der Waals surface area contributed by atoms with Gasteiger partial charge in [-0.25, -0.2) is 0 Å². The summed E-state index contributed by atoms with van der Waals surface area (Å²) in [5.74, 6) is 0.358. The highest BCUT2D eigenvalue weighted by Crippen LogP contribution is 2.25. The highest BCUT2D eigenvalue weighted by molar-refractivity contribution is 5.84. The van der Waals surface area contributed by atoms with Crippen molar-refractivity contribution in [3.63, 3.8) is 0 Å². The SMILES string of the molecule is CCC(=O)C1Cc2cc(C)c(C)cc2CN1C. The fourth-order valence-electron chi connectivity index (χ4n) is 2.61. The van der Waals surface area contributed by atoms with Crippen LogP contribution in [0.4, 0.5) is 0 Å². The molecule has 2 heteroatoms. The second-order valence-corrected chi connectivity index (χ2v) is 5.16. The van der Waals surface area contributed by atoms with Crippen molar-refractivity contribution in [1.82, 2.24) is 4.90 Å². The molecular weight excluding hydrogens is 210 g/mol. The summed E-state index contributed by atoms with van der Waals surface area (Å²) >= 11 is 0. The second-order valence-electron chi connectivity index (χ2n) is 5.16. The van der Waals surface area contributed by atoms with E-state index in [4.69, 9.17) is 0 Å². The summed E-state index contributed by atoms with van der Waals surface area (Å²) in [5.41, 5.74) is 5.42. The van der Waals surface area contributed by atoms with Gasteiger partial charge in [-0.3, -0.25) is 9.69 Å². The van der Waals surface area contributed by atoms with Gasteiger partial charge in [0, 0.05) is 13.0 Å². The first-order valence-electron chi connectivity index (χ1n) is 6.35. The van der Waals surface area contributed by atoms with Crippen LogP contribution in [0.1, 0.15) is 35.6 Å². The molecule has 1 aliphatic rings. The maximum absolute atomic E-state index is 11.9. The first kappa shape index (κ1) is 12.3. The molecular formula is C15H21NO. The topological polar surface area (TPSA) is 20.3 Å². The molecule has 0 saturated carbocycles. The predicted molar refractivity (Wildman–Crippen MR) is 70.2 cm³/mol. The number of benzene rings is 1. The fraction of sp³-hybridized carbons (Fsp3) is 0.533. The second kappa shape index (κ2) is 4.61. The number of aryl methyl sites for hydroxylation is 2. The molecule has 0 fully saturated rings. The van der Waals surface area contributed by atoms with E-state index in [0.717, 1.165) is 13.0 Å². The minimum Gasteiger partial charge on any atom is -0.298 e. The smallest absolute Gasteiger partial charge is 0.150 e. The van der Waals surface area contributed by atoms with E-state index in [1.54, 1.807) is 0 Å². The number of carbonyl (C=O) groups is 1. The summed E-state index contributed by atoms with van der Waals surface area (Å²) in [7, 11) is 2.05. The summed E-state index contributed by atoms with van der Waals surface area (Å²) in [5, 5.41) is 0. The molecule has 17 heavy (non-hydrogen) atoms. The van der Waals surface area contributed by atoms with Crippen LogP contribution in [0.15, 0.2) is 12.1 Å². The Morgan fingerprint density at radius 1 is 1.29 bits per heavy atom. The van der Waals surface area contributed by atoms with Gasteiger partial charge in [-0.15, -0.1) is 0 Å². The number of hydrogen-bond donors (Lipinski definition) is 0. The van der Waals surface area contributed by atoms with Gasteiger partial charge < -0.3 is 0 Å². The van der Waals surface area contributed by atoms with E-state index < -0.39 is 0 Å². The van der Waals surface area contributed by atoms with Crippen molar-refractivity contribution < 1.29 is 4.79 Å². The van der Waals surface area contributed by atoms with Crippen molar-refractivity contribution in [2.45, 2.75) is 46.2 Å². The number of fused-ring (bicyclic) bond motifs is 1. The monoisotopic (exact) mass is 231 g/mol. The molecule has 0 aliphatic carbocycles. The van der Waals surface area contributed by atoms with Crippen LogP contribution in [-0.4, -0.2) is 23.8 Å². The normalized spacial score (nSPS) is 20.1. The fourth-order valence-corrected chi connectivity index (χ4v) is 2.61.